The van der Waals surface area contributed by atoms with Crippen molar-refractivity contribution < 1.29 is 0 Å². The van der Waals surface area contributed by atoms with Gasteiger partial charge < -0.3 is 15.5 Å². The van der Waals surface area contributed by atoms with E-state index in [9.17, 15) is 0 Å². The molecular weight excluding hydrogens is 234 g/mol. The number of hydrogen-bond donors (Lipinski definition) is 1. The van der Waals surface area contributed by atoms with Gasteiger partial charge in [0.1, 0.15) is 16.6 Å². The van der Waals surface area contributed by atoms with Gasteiger partial charge in [0.2, 0.25) is 0 Å². The van der Waals surface area contributed by atoms with Crippen molar-refractivity contribution in [3.8, 4) is 6.07 Å². The van der Waals surface area contributed by atoms with Gasteiger partial charge >= 0.3 is 0 Å². The highest BCUT2D eigenvalue weighted by Gasteiger charge is 2.25. The molecule has 1 saturated heterocycles. The van der Waals surface area contributed by atoms with Crippen LogP contribution in [0.5, 0.6) is 0 Å². The van der Waals surface area contributed by atoms with Gasteiger partial charge in [-0.05, 0) is 38.5 Å². The van der Waals surface area contributed by atoms with Crippen molar-refractivity contribution in [3.05, 3.63) is 5.56 Å². The van der Waals surface area contributed by atoms with Crippen molar-refractivity contribution in [2.45, 2.75) is 18.9 Å². The quantitative estimate of drug-likeness (QED) is 0.853. The standard InChI is InChI=1S/C11H17N5S/c1-15(2)8-4-3-5-16(7-8)11-9(6-12)10(13)14-17-11/h8H,3-5,7H2,1-2H3,(H2,13,14). The molecule has 2 heterocycles. The maximum Gasteiger partial charge on any atom is 0.157 e. The van der Waals surface area contributed by atoms with Crippen molar-refractivity contribution in [1.29, 1.82) is 5.26 Å². The van der Waals surface area contributed by atoms with E-state index in [1.807, 2.05) is 0 Å². The molecule has 1 atom stereocenters. The van der Waals surface area contributed by atoms with E-state index in [-0.39, 0.29) is 0 Å². The Hall–Kier alpha value is -1.32. The first-order valence-corrected chi connectivity index (χ1v) is 6.47. The molecule has 92 valence electrons. The van der Waals surface area contributed by atoms with Gasteiger partial charge in [0, 0.05) is 19.1 Å². The summed E-state index contributed by atoms with van der Waals surface area (Å²) < 4.78 is 4.07. The van der Waals surface area contributed by atoms with Crippen LogP contribution in [0, 0.1) is 11.3 Å². The summed E-state index contributed by atoms with van der Waals surface area (Å²) >= 11 is 1.33. The van der Waals surface area contributed by atoms with Crippen LogP contribution in [0.2, 0.25) is 0 Å². The predicted molar refractivity (Wildman–Crippen MR) is 70.2 cm³/mol. The third-order valence-electron chi connectivity index (χ3n) is 3.23. The number of anilines is 2. The summed E-state index contributed by atoms with van der Waals surface area (Å²) in [5.41, 5.74) is 6.23. The highest BCUT2D eigenvalue weighted by Crippen LogP contribution is 2.32. The number of nitrogens with zero attached hydrogens (tertiary/aromatic N) is 4. The molecule has 1 unspecified atom stereocenters. The zero-order valence-corrected chi connectivity index (χ0v) is 11.0. The Bertz CT molecular complexity index is 434. The monoisotopic (exact) mass is 251 g/mol. The largest absolute Gasteiger partial charge is 0.382 e. The minimum Gasteiger partial charge on any atom is -0.382 e. The molecule has 5 nitrogen and oxygen atoms in total. The molecule has 1 aromatic rings. The minimum atomic E-state index is 0.361. The molecule has 0 saturated carbocycles. The first-order chi connectivity index (χ1) is 8.13. The third kappa shape index (κ3) is 2.35. The molecule has 0 radical (unpaired) electrons. The number of likely N-dealkylation sites (N-methyl/N-ethyl adjacent to an activating group) is 1. The topological polar surface area (TPSA) is 69.2 Å². The van der Waals surface area contributed by atoms with E-state index in [4.69, 9.17) is 11.0 Å². The van der Waals surface area contributed by atoms with Crippen LogP contribution in [-0.2, 0) is 0 Å². The average molecular weight is 251 g/mol. The van der Waals surface area contributed by atoms with Crippen LogP contribution in [0.3, 0.4) is 0 Å². The van der Waals surface area contributed by atoms with Crippen molar-refractivity contribution in [3.63, 3.8) is 0 Å². The number of hydrogen-bond acceptors (Lipinski definition) is 6. The number of piperidine rings is 1. The summed E-state index contributed by atoms with van der Waals surface area (Å²) in [5, 5.41) is 10.0. The fourth-order valence-electron chi connectivity index (χ4n) is 2.17. The Morgan fingerprint density at radius 3 is 3.00 bits per heavy atom. The molecule has 0 bridgehead atoms. The van der Waals surface area contributed by atoms with Crippen molar-refractivity contribution in [1.82, 2.24) is 9.27 Å². The highest BCUT2D eigenvalue weighted by molar-refractivity contribution is 7.10. The van der Waals surface area contributed by atoms with E-state index in [1.54, 1.807) is 0 Å². The number of nitriles is 1. The number of nitrogens with two attached hydrogens (primary N) is 1. The Morgan fingerprint density at radius 2 is 2.35 bits per heavy atom. The predicted octanol–water partition coefficient (Wildman–Crippen LogP) is 1.13. The normalized spacial score (nSPS) is 20.6. The molecule has 6 heteroatoms. The number of nitrogen functional groups attached to an aromatic ring is 1. The van der Waals surface area contributed by atoms with Crippen LogP contribution in [0.15, 0.2) is 0 Å². The first-order valence-electron chi connectivity index (χ1n) is 5.70. The summed E-state index contributed by atoms with van der Waals surface area (Å²) in [7, 11) is 4.20. The maximum atomic E-state index is 9.09. The third-order valence-corrected chi connectivity index (χ3v) is 4.15. The van der Waals surface area contributed by atoms with Crippen LogP contribution in [0.4, 0.5) is 10.8 Å². The summed E-state index contributed by atoms with van der Waals surface area (Å²) in [6.07, 6.45) is 2.35. The maximum absolute atomic E-state index is 9.09. The molecule has 1 aromatic heterocycles. The lowest BCUT2D eigenvalue weighted by Crippen LogP contribution is -2.45. The SMILES string of the molecule is CN(C)C1CCCN(c2snc(N)c2C#N)C1. The van der Waals surface area contributed by atoms with E-state index < -0.39 is 0 Å². The highest BCUT2D eigenvalue weighted by atomic mass is 32.1. The van der Waals surface area contributed by atoms with Crippen LogP contribution in [0.1, 0.15) is 18.4 Å². The molecule has 1 aliphatic rings. The Balaban J connectivity index is 2.19. The van der Waals surface area contributed by atoms with Gasteiger partial charge in [-0.3, -0.25) is 0 Å². The summed E-state index contributed by atoms with van der Waals surface area (Å²) in [6.45, 7) is 1.93. The summed E-state index contributed by atoms with van der Waals surface area (Å²) in [5.74, 6) is 0.361. The molecular formula is C11H17N5S. The number of aromatic nitrogens is 1. The molecule has 0 amide bonds. The number of rotatable bonds is 2. The first kappa shape index (κ1) is 12.1. The van der Waals surface area contributed by atoms with Gasteiger partial charge in [0.25, 0.3) is 0 Å². The lowest BCUT2D eigenvalue weighted by Gasteiger charge is -2.36. The molecule has 1 aliphatic heterocycles. The molecule has 2 N–H and O–H groups in total. The second-order valence-electron chi connectivity index (χ2n) is 4.57. The second kappa shape index (κ2) is 4.90. The van der Waals surface area contributed by atoms with Crippen molar-refractivity contribution in [2.75, 3.05) is 37.8 Å². The van der Waals surface area contributed by atoms with Crippen LogP contribution in [-0.4, -0.2) is 42.5 Å². The lowest BCUT2D eigenvalue weighted by molar-refractivity contribution is 0.258. The zero-order chi connectivity index (χ0) is 12.4. The van der Waals surface area contributed by atoms with Gasteiger partial charge in [-0.1, -0.05) is 0 Å². The van der Waals surface area contributed by atoms with Gasteiger partial charge in [0.15, 0.2) is 5.82 Å². The fourth-order valence-corrected chi connectivity index (χ4v) is 2.97. The van der Waals surface area contributed by atoms with E-state index in [2.05, 4.69) is 34.3 Å². The molecule has 17 heavy (non-hydrogen) atoms. The van der Waals surface area contributed by atoms with E-state index >= 15 is 0 Å². The van der Waals surface area contributed by atoms with Crippen molar-refractivity contribution in [2.24, 2.45) is 0 Å². The summed E-state index contributed by atoms with van der Waals surface area (Å²) in [4.78, 5) is 4.48. The molecule has 0 aliphatic carbocycles. The van der Waals surface area contributed by atoms with Crippen molar-refractivity contribution >= 4 is 22.4 Å². The van der Waals surface area contributed by atoms with E-state index in [1.165, 1.54) is 18.0 Å². The van der Waals surface area contributed by atoms with Crippen LogP contribution in [0.25, 0.3) is 0 Å². The average Bonchev–Trinajstić information content (AvgIpc) is 2.70. The Kier molecular flexibility index (Phi) is 3.50. The van der Waals surface area contributed by atoms with Crippen LogP contribution < -0.4 is 10.6 Å². The minimum absolute atomic E-state index is 0.361. The second-order valence-corrected chi connectivity index (χ2v) is 5.32. The molecule has 2 rings (SSSR count). The smallest absolute Gasteiger partial charge is 0.157 e. The van der Waals surface area contributed by atoms with Gasteiger partial charge in [-0.15, -0.1) is 0 Å². The fraction of sp³-hybridized carbons (Fsp3) is 0.636. The lowest BCUT2D eigenvalue weighted by atomic mass is 10.0. The Labute approximate surface area is 106 Å². The molecule has 0 spiro atoms. The van der Waals surface area contributed by atoms with E-state index in [0.29, 0.717) is 17.4 Å². The van der Waals surface area contributed by atoms with E-state index in [0.717, 1.165) is 24.5 Å². The summed E-state index contributed by atoms with van der Waals surface area (Å²) in [6, 6.07) is 2.69. The van der Waals surface area contributed by atoms with Gasteiger partial charge in [-0.2, -0.15) is 9.64 Å². The molecule has 0 aromatic carbocycles. The molecule has 1 fully saturated rings. The van der Waals surface area contributed by atoms with Gasteiger partial charge in [-0.25, -0.2) is 0 Å². The van der Waals surface area contributed by atoms with Crippen LogP contribution >= 0.6 is 11.5 Å². The Morgan fingerprint density at radius 1 is 1.59 bits per heavy atom. The zero-order valence-electron chi connectivity index (χ0n) is 10.2. The van der Waals surface area contributed by atoms with Gasteiger partial charge in [0.05, 0.1) is 0 Å².